The summed E-state index contributed by atoms with van der Waals surface area (Å²) in [4.78, 5) is 16.7. The summed E-state index contributed by atoms with van der Waals surface area (Å²) in [7, 11) is 6.86. The molecule has 0 spiro atoms. The van der Waals surface area contributed by atoms with E-state index in [0.29, 0.717) is 28.9 Å². The molecular formula is C27H42N8O3S. The van der Waals surface area contributed by atoms with Crippen molar-refractivity contribution >= 4 is 40.6 Å². The number of hydrogen-bond acceptors (Lipinski definition) is 10. The van der Waals surface area contributed by atoms with Crippen molar-refractivity contribution in [2.24, 2.45) is 0 Å². The van der Waals surface area contributed by atoms with E-state index in [1.54, 1.807) is 21.3 Å². The molecular weight excluding hydrogens is 516 g/mol. The summed E-state index contributed by atoms with van der Waals surface area (Å²) in [5, 5.41) is 10.5. The Kier molecular flexibility index (Phi) is 10.5. The topological polar surface area (TPSA) is 99.3 Å². The fraction of sp³-hybridized carbons (Fsp3) is 0.593. The van der Waals surface area contributed by atoms with Gasteiger partial charge in [-0.3, -0.25) is 0 Å². The summed E-state index contributed by atoms with van der Waals surface area (Å²) in [5.74, 6) is 4.47. The molecule has 0 unspecified atom stereocenters. The molecule has 0 aliphatic carbocycles. The second kappa shape index (κ2) is 14.2. The van der Waals surface area contributed by atoms with E-state index < -0.39 is 0 Å². The fourth-order valence-electron chi connectivity index (χ4n) is 4.85. The molecule has 3 N–H and O–H groups in total. The minimum Gasteiger partial charge on any atom is -0.493 e. The molecule has 4 rings (SSSR count). The molecule has 0 saturated carbocycles. The molecule has 0 amide bonds. The van der Waals surface area contributed by atoms with Crippen LogP contribution in [-0.2, 0) is 0 Å². The van der Waals surface area contributed by atoms with Crippen LogP contribution in [0, 0.1) is 0 Å². The van der Waals surface area contributed by atoms with Crippen LogP contribution in [0.2, 0.25) is 0 Å². The largest absolute Gasteiger partial charge is 0.493 e. The van der Waals surface area contributed by atoms with Crippen molar-refractivity contribution in [2.75, 3.05) is 101 Å². The summed E-state index contributed by atoms with van der Waals surface area (Å²) in [6, 6.07) is 5.74. The van der Waals surface area contributed by atoms with Crippen LogP contribution in [0.25, 0.3) is 0 Å². The second-order valence-corrected chi connectivity index (χ2v) is 10.2. The maximum absolute atomic E-state index is 5.49. The lowest BCUT2D eigenvalue weighted by molar-refractivity contribution is 0.324. The van der Waals surface area contributed by atoms with Gasteiger partial charge >= 0.3 is 0 Å². The van der Waals surface area contributed by atoms with E-state index in [9.17, 15) is 0 Å². The average molecular weight is 559 g/mol. The predicted octanol–water partition coefficient (Wildman–Crippen LogP) is 3.03. The van der Waals surface area contributed by atoms with Gasteiger partial charge in [-0.2, -0.15) is 9.97 Å². The summed E-state index contributed by atoms with van der Waals surface area (Å²) in [5.41, 5.74) is 0.756. The van der Waals surface area contributed by atoms with Crippen molar-refractivity contribution in [1.29, 1.82) is 0 Å². The van der Waals surface area contributed by atoms with Gasteiger partial charge < -0.3 is 44.9 Å². The number of benzene rings is 1. The molecule has 0 bridgehead atoms. The first-order valence-corrected chi connectivity index (χ1v) is 14.1. The number of nitrogens with one attached hydrogen (secondary N) is 3. The van der Waals surface area contributed by atoms with Crippen molar-refractivity contribution in [2.45, 2.75) is 25.7 Å². The standard InChI is InChI=1S/C27H42N8O3S/c1-33(16-10-29-27(39)30-20-17-21(36-2)25(38-4)22(18-20)37-3)15-9-28-23-19-24(34-11-5-6-12-34)32-26(31-23)35-13-7-8-14-35/h17-19H,5-16H2,1-4H3,(H,28,31,32)(H2,29,30,39). The van der Waals surface area contributed by atoms with Gasteiger partial charge in [-0.1, -0.05) is 0 Å². The van der Waals surface area contributed by atoms with E-state index in [0.717, 1.165) is 69.1 Å². The molecule has 39 heavy (non-hydrogen) atoms. The molecule has 2 aromatic rings. The second-order valence-electron chi connectivity index (χ2n) is 9.82. The van der Waals surface area contributed by atoms with Crippen molar-refractivity contribution in [3.8, 4) is 17.2 Å². The Labute approximate surface area is 237 Å². The van der Waals surface area contributed by atoms with E-state index in [2.05, 4.69) is 43.8 Å². The third-order valence-corrected chi connectivity index (χ3v) is 7.27. The number of aromatic nitrogens is 2. The fourth-order valence-corrected chi connectivity index (χ4v) is 5.07. The van der Waals surface area contributed by atoms with Crippen molar-refractivity contribution in [3.63, 3.8) is 0 Å². The molecule has 0 atom stereocenters. The van der Waals surface area contributed by atoms with Gasteiger partial charge in [0.05, 0.1) is 21.3 Å². The van der Waals surface area contributed by atoms with Crippen molar-refractivity contribution in [1.82, 2.24) is 20.2 Å². The van der Waals surface area contributed by atoms with E-state index in [-0.39, 0.29) is 0 Å². The minimum absolute atomic E-state index is 0.528. The van der Waals surface area contributed by atoms with E-state index in [1.165, 1.54) is 25.7 Å². The molecule has 214 valence electrons. The molecule has 2 aliphatic rings. The monoisotopic (exact) mass is 558 g/mol. The number of rotatable bonds is 13. The Bertz CT molecular complexity index is 1030. The molecule has 12 heteroatoms. The van der Waals surface area contributed by atoms with E-state index >= 15 is 0 Å². The number of likely N-dealkylation sites (N-methyl/N-ethyl adjacent to an activating group) is 1. The summed E-state index contributed by atoms with van der Waals surface area (Å²) < 4.78 is 16.2. The quantitative estimate of drug-likeness (QED) is 0.315. The highest BCUT2D eigenvalue weighted by molar-refractivity contribution is 7.80. The Morgan fingerprint density at radius 3 is 2.10 bits per heavy atom. The predicted molar refractivity (Wildman–Crippen MR) is 161 cm³/mol. The van der Waals surface area contributed by atoms with Crippen LogP contribution < -0.4 is 40.0 Å². The Balaban J connectivity index is 1.23. The van der Waals surface area contributed by atoms with Crippen LogP contribution >= 0.6 is 12.2 Å². The number of hydrogen-bond donors (Lipinski definition) is 3. The SMILES string of the molecule is COc1cc(NC(=S)NCCN(C)CCNc2cc(N3CCCC3)nc(N3CCCC3)n2)cc(OC)c1OC. The highest BCUT2D eigenvalue weighted by Crippen LogP contribution is 2.39. The van der Waals surface area contributed by atoms with Crippen molar-refractivity contribution in [3.05, 3.63) is 18.2 Å². The van der Waals surface area contributed by atoms with Crippen LogP contribution in [-0.4, -0.2) is 101 Å². The number of thiocarbonyl (C=S) groups is 1. The zero-order chi connectivity index (χ0) is 27.6. The van der Waals surface area contributed by atoms with Crippen LogP contribution in [0.5, 0.6) is 17.2 Å². The first-order chi connectivity index (χ1) is 19.0. The van der Waals surface area contributed by atoms with Gasteiger partial charge in [-0.05, 0) is 44.9 Å². The van der Waals surface area contributed by atoms with Gasteiger partial charge in [0.2, 0.25) is 11.7 Å². The molecule has 2 fully saturated rings. The van der Waals surface area contributed by atoms with Crippen LogP contribution in [0.4, 0.5) is 23.3 Å². The Morgan fingerprint density at radius 1 is 0.872 bits per heavy atom. The Morgan fingerprint density at radius 2 is 1.49 bits per heavy atom. The first-order valence-electron chi connectivity index (χ1n) is 13.7. The Hall–Kier alpha value is -3.25. The summed E-state index contributed by atoms with van der Waals surface area (Å²) >= 11 is 5.49. The van der Waals surface area contributed by atoms with Crippen LogP contribution in [0.1, 0.15) is 25.7 Å². The number of ether oxygens (including phenoxy) is 3. The molecule has 1 aromatic heterocycles. The number of anilines is 4. The lowest BCUT2D eigenvalue weighted by atomic mass is 10.2. The summed E-state index contributed by atoms with van der Waals surface area (Å²) in [6.07, 6.45) is 4.87. The van der Waals surface area contributed by atoms with Gasteiger partial charge in [0.1, 0.15) is 11.6 Å². The van der Waals surface area contributed by atoms with Crippen molar-refractivity contribution < 1.29 is 14.2 Å². The molecule has 1 aromatic carbocycles. The molecule has 2 aliphatic heterocycles. The zero-order valence-electron chi connectivity index (χ0n) is 23.6. The van der Waals surface area contributed by atoms with Gasteiger partial charge in [0.15, 0.2) is 16.6 Å². The smallest absolute Gasteiger partial charge is 0.229 e. The van der Waals surface area contributed by atoms with Gasteiger partial charge in [0, 0.05) is 76.2 Å². The normalized spacial score (nSPS) is 15.0. The summed E-state index contributed by atoms with van der Waals surface area (Å²) in [6.45, 7) is 7.42. The lowest BCUT2D eigenvalue weighted by Gasteiger charge is -2.22. The maximum atomic E-state index is 5.49. The minimum atomic E-state index is 0.528. The zero-order valence-corrected chi connectivity index (χ0v) is 24.4. The highest BCUT2D eigenvalue weighted by atomic mass is 32.1. The third-order valence-electron chi connectivity index (χ3n) is 7.02. The molecule has 3 heterocycles. The van der Waals surface area contributed by atoms with Gasteiger partial charge in [0.25, 0.3) is 0 Å². The van der Waals surface area contributed by atoms with Crippen LogP contribution in [0.15, 0.2) is 18.2 Å². The molecule has 11 nitrogen and oxygen atoms in total. The lowest BCUT2D eigenvalue weighted by Crippen LogP contribution is -2.36. The number of methoxy groups -OCH3 is 3. The molecule has 0 radical (unpaired) electrons. The highest BCUT2D eigenvalue weighted by Gasteiger charge is 2.20. The maximum Gasteiger partial charge on any atom is 0.229 e. The van der Waals surface area contributed by atoms with Crippen LogP contribution in [0.3, 0.4) is 0 Å². The first kappa shape index (κ1) is 28.8. The van der Waals surface area contributed by atoms with Gasteiger partial charge in [-0.15, -0.1) is 0 Å². The third kappa shape index (κ3) is 7.89. The average Bonchev–Trinajstić information content (AvgIpc) is 3.67. The number of nitrogens with zero attached hydrogens (tertiary/aromatic N) is 5. The van der Waals surface area contributed by atoms with E-state index in [1.807, 2.05) is 12.1 Å². The van der Waals surface area contributed by atoms with E-state index in [4.69, 9.17) is 36.4 Å². The van der Waals surface area contributed by atoms with Gasteiger partial charge in [-0.25, -0.2) is 0 Å². The molecule has 2 saturated heterocycles.